The van der Waals surface area contributed by atoms with E-state index in [0.717, 1.165) is 0 Å². The van der Waals surface area contributed by atoms with Crippen molar-refractivity contribution in [2.75, 3.05) is 7.05 Å². The molecule has 1 amide bonds. The maximum atomic E-state index is 10.9. The molecule has 0 bridgehead atoms. The van der Waals surface area contributed by atoms with Gasteiger partial charge in [0.15, 0.2) is 0 Å². The lowest BCUT2D eigenvalue weighted by Gasteiger charge is -2.24. The molecule has 1 unspecified atom stereocenters. The number of carbonyl (C=O) groups is 1. The SMILES string of the molecule is CNC(=O)C(N)C(C)(C)C.Cl. The van der Waals surface area contributed by atoms with Gasteiger partial charge in [-0.15, -0.1) is 12.4 Å². The molecule has 0 aromatic carbocycles. The Hall–Kier alpha value is -0.280. The van der Waals surface area contributed by atoms with Crippen LogP contribution in [0.2, 0.25) is 0 Å². The predicted molar refractivity (Wildman–Crippen MR) is 48.7 cm³/mol. The van der Waals surface area contributed by atoms with Gasteiger partial charge in [0.1, 0.15) is 0 Å². The zero-order valence-electron chi connectivity index (χ0n) is 7.47. The number of likely N-dealkylation sites (N-methyl/N-ethyl adjacent to an activating group) is 1. The van der Waals surface area contributed by atoms with E-state index in [9.17, 15) is 4.79 Å². The molecular weight excluding hydrogens is 164 g/mol. The smallest absolute Gasteiger partial charge is 0.237 e. The van der Waals surface area contributed by atoms with E-state index in [4.69, 9.17) is 5.73 Å². The molecule has 1 atom stereocenters. The molecule has 0 aliphatic rings. The van der Waals surface area contributed by atoms with E-state index in [1.165, 1.54) is 0 Å². The number of amides is 1. The fourth-order valence-corrected chi connectivity index (χ4v) is 0.549. The molecule has 0 aromatic rings. The van der Waals surface area contributed by atoms with Crippen LogP contribution in [0.4, 0.5) is 0 Å². The first-order valence-electron chi connectivity index (χ1n) is 3.36. The number of halogens is 1. The summed E-state index contributed by atoms with van der Waals surface area (Å²) in [4.78, 5) is 10.9. The summed E-state index contributed by atoms with van der Waals surface area (Å²) in [5, 5.41) is 2.51. The Labute approximate surface area is 74.1 Å². The average Bonchev–Trinajstić information content (AvgIpc) is 1.83. The van der Waals surface area contributed by atoms with Crippen molar-refractivity contribution in [1.82, 2.24) is 5.32 Å². The van der Waals surface area contributed by atoms with Crippen LogP contribution in [-0.2, 0) is 4.79 Å². The molecule has 3 N–H and O–H groups in total. The van der Waals surface area contributed by atoms with Crippen LogP contribution in [0.1, 0.15) is 20.8 Å². The van der Waals surface area contributed by atoms with Crippen LogP contribution in [0, 0.1) is 5.41 Å². The highest BCUT2D eigenvalue weighted by molar-refractivity contribution is 5.85. The largest absolute Gasteiger partial charge is 0.358 e. The zero-order chi connectivity index (χ0) is 8.36. The van der Waals surface area contributed by atoms with Gasteiger partial charge in [-0.05, 0) is 5.41 Å². The van der Waals surface area contributed by atoms with Gasteiger partial charge < -0.3 is 11.1 Å². The van der Waals surface area contributed by atoms with Crippen LogP contribution in [0.3, 0.4) is 0 Å². The molecule has 3 nitrogen and oxygen atoms in total. The second-order valence-corrected chi connectivity index (χ2v) is 3.46. The topological polar surface area (TPSA) is 55.1 Å². The molecule has 0 aliphatic heterocycles. The Bertz CT molecular complexity index is 131. The summed E-state index contributed by atoms with van der Waals surface area (Å²) in [6.07, 6.45) is 0. The minimum absolute atomic E-state index is 0. The number of nitrogens with one attached hydrogen (secondary N) is 1. The molecule has 4 heteroatoms. The Kier molecular flexibility index (Phi) is 5.53. The van der Waals surface area contributed by atoms with Crippen molar-refractivity contribution >= 4 is 18.3 Å². The molecule has 68 valence electrons. The van der Waals surface area contributed by atoms with E-state index in [0.29, 0.717) is 0 Å². The fourth-order valence-electron chi connectivity index (χ4n) is 0.549. The van der Waals surface area contributed by atoms with E-state index < -0.39 is 6.04 Å². The fraction of sp³-hybridized carbons (Fsp3) is 0.857. The molecule has 0 radical (unpaired) electrons. The summed E-state index contributed by atoms with van der Waals surface area (Å²) in [5.74, 6) is -0.104. The second-order valence-electron chi connectivity index (χ2n) is 3.46. The molecular formula is C7H17ClN2O. The highest BCUT2D eigenvalue weighted by Crippen LogP contribution is 2.16. The van der Waals surface area contributed by atoms with Gasteiger partial charge in [0.2, 0.25) is 5.91 Å². The van der Waals surface area contributed by atoms with Crippen LogP contribution in [-0.4, -0.2) is 19.0 Å². The van der Waals surface area contributed by atoms with E-state index in [1.54, 1.807) is 7.05 Å². The van der Waals surface area contributed by atoms with Gasteiger partial charge in [-0.2, -0.15) is 0 Å². The molecule has 0 saturated carbocycles. The van der Waals surface area contributed by atoms with Crippen LogP contribution >= 0.6 is 12.4 Å². The maximum absolute atomic E-state index is 10.9. The minimum Gasteiger partial charge on any atom is -0.358 e. The number of hydrogen-bond donors (Lipinski definition) is 2. The third kappa shape index (κ3) is 4.22. The summed E-state index contributed by atoms with van der Waals surface area (Å²) >= 11 is 0. The van der Waals surface area contributed by atoms with Gasteiger partial charge in [0.05, 0.1) is 6.04 Å². The van der Waals surface area contributed by atoms with Crippen LogP contribution in [0.5, 0.6) is 0 Å². The summed E-state index contributed by atoms with van der Waals surface area (Å²) < 4.78 is 0. The van der Waals surface area contributed by atoms with Crippen molar-refractivity contribution in [2.24, 2.45) is 11.1 Å². The van der Waals surface area contributed by atoms with E-state index in [2.05, 4.69) is 5.32 Å². The van der Waals surface area contributed by atoms with Crippen molar-refractivity contribution in [2.45, 2.75) is 26.8 Å². The highest BCUT2D eigenvalue weighted by atomic mass is 35.5. The number of carbonyl (C=O) groups excluding carboxylic acids is 1. The van der Waals surface area contributed by atoms with Gasteiger partial charge in [-0.25, -0.2) is 0 Å². The Morgan fingerprint density at radius 1 is 1.45 bits per heavy atom. The maximum Gasteiger partial charge on any atom is 0.237 e. The molecule has 0 fully saturated rings. The third-order valence-electron chi connectivity index (χ3n) is 1.46. The van der Waals surface area contributed by atoms with Crippen LogP contribution < -0.4 is 11.1 Å². The first-order valence-corrected chi connectivity index (χ1v) is 3.36. The number of hydrogen-bond acceptors (Lipinski definition) is 2. The molecule has 0 saturated heterocycles. The summed E-state index contributed by atoms with van der Waals surface area (Å²) in [6.45, 7) is 5.81. The lowest BCUT2D eigenvalue weighted by molar-refractivity contribution is -0.123. The van der Waals surface area contributed by atoms with Crippen molar-refractivity contribution in [3.8, 4) is 0 Å². The monoisotopic (exact) mass is 180 g/mol. The van der Waals surface area contributed by atoms with E-state index in [-0.39, 0.29) is 23.7 Å². The lowest BCUT2D eigenvalue weighted by atomic mass is 9.87. The van der Waals surface area contributed by atoms with Crippen molar-refractivity contribution in [3.63, 3.8) is 0 Å². The van der Waals surface area contributed by atoms with Crippen LogP contribution in [0.25, 0.3) is 0 Å². The van der Waals surface area contributed by atoms with Crippen molar-refractivity contribution in [1.29, 1.82) is 0 Å². The molecule has 0 aliphatic carbocycles. The van der Waals surface area contributed by atoms with Gasteiger partial charge >= 0.3 is 0 Å². The van der Waals surface area contributed by atoms with E-state index >= 15 is 0 Å². The Morgan fingerprint density at radius 3 is 1.91 bits per heavy atom. The summed E-state index contributed by atoms with van der Waals surface area (Å²) in [6, 6.07) is -0.419. The summed E-state index contributed by atoms with van der Waals surface area (Å²) in [7, 11) is 1.59. The molecule has 0 aromatic heterocycles. The van der Waals surface area contributed by atoms with E-state index in [1.807, 2.05) is 20.8 Å². The molecule has 0 rings (SSSR count). The minimum atomic E-state index is -0.419. The second kappa shape index (κ2) is 4.57. The highest BCUT2D eigenvalue weighted by Gasteiger charge is 2.26. The molecule has 11 heavy (non-hydrogen) atoms. The molecule has 0 spiro atoms. The van der Waals surface area contributed by atoms with Crippen LogP contribution in [0.15, 0.2) is 0 Å². The van der Waals surface area contributed by atoms with Gasteiger partial charge in [0.25, 0.3) is 0 Å². The lowest BCUT2D eigenvalue weighted by Crippen LogP contribution is -2.47. The van der Waals surface area contributed by atoms with Gasteiger partial charge in [-0.3, -0.25) is 4.79 Å². The van der Waals surface area contributed by atoms with Gasteiger partial charge in [-0.1, -0.05) is 20.8 Å². The third-order valence-corrected chi connectivity index (χ3v) is 1.46. The number of rotatable bonds is 1. The standard InChI is InChI=1S/C7H16N2O.ClH/c1-7(2,3)5(8)6(10)9-4;/h5H,8H2,1-4H3,(H,9,10);1H. The predicted octanol–water partition coefficient (Wildman–Crippen LogP) is 0.528. The van der Waals surface area contributed by atoms with Crippen molar-refractivity contribution in [3.05, 3.63) is 0 Å². The summed E-state index contributed by atoms with van der Waals surface area (Å²) in [5.41, 5.74) is 5.44. The van der Waals surface area contributed by atoms with Crippen molar-refractivity contribution < 1.29 is 4.79 Å². The molecule has 0 heterocycles. The normalized spacial score (nSPS) is 13.2. The zero-order valence-corrected chi connectivity index (χ0v) is 8.29. The average molecular weight is 181 g/mol. The first-order chi connectivity index (χ1) is 4.39. The Balaban J connectivity index is 0. The van der Waals surface area contributed by atoms with Gasteiger partial charge in [0, 0.05) is 7.05 Å². The first kappa shape index (κ1) is 13.3. The quantitative estimate of drug-likeness (QED) is 0.619. The number of nitrogens with two attached hydrogens (primary N) is 1. The Morgan fingerprint density at radius 2 is 1.82 bits per heavy atom.